The van der Waals surface area contributed by atoms with E-state index < -0.39 is 0 Å². The Morgan fingerprint density at radius 2 is 2.06 bits per heavy atom. The summed E-state index contributed by atoms with van der Waals surface area (Å²) in [6, 6.07) is 4.36. The molecular weight excluding hydrogens is 208 g/mol. The topological polar surface area (TPSA) is 28.7 Å². The molecule has 92 valence electrons. The van der Waals surface area contributed by atoms with Gasteiger partial charge in [0.25, 0.3) is 0 Å². The fourth-order valence-electron chi connectivity index (χ4n) is 2.08. The molecule has 3 rings (SSSR count). The molecule has 1 fully saturated rings. The minimum atomic E-state index is 0.993. The molecular formula is C15H22N2. The van der Waals surface area contributed by atoms with E-state index in [2.05, 4.69) is 29.0 Å². The van der Waals surface area contributed by atoms with E-state index in [0.29, 0.717) is 0 Å². The molecule has 1 saturated carbocycles. The van der Waals surface area contributed by atoms with Gasteiger partial charge in [-0.3, -0.25) is 0 Å². The quantitative estimate of drug-likeness (QED) is 0.839. The number of nitrogens with zero attached hydrogens (tertiary/aromatic N) is 1. The van der Waals surface area contributed by atoms with Crippen LogP contribution in [0.4, 0.5) is 0 Å². The first-order valence-corrected chi connectivity index (χ1v) is 6.76. The van der Waals surface area contributed by atoms with Gasteiger partial charge in [-0.25, -0.2) is 4.98 Å². The molecule has 1 aliphatic carbocycles. The van der Waals surface area contributed by atoms with E-state index in [1.165, 1.54) is 35.9 Å². The van der Waals surface area contributed by atoms with Crippen LogP contribution in [0.2, 0.25) is 0 Å². The first-order chi connectivity index (χ1) is 8.33. The molecule has 17 heavy (non-hydrogen) atoms. The molecule has 1 aliphatic rings. The van der Waals surface area contributed by atoms with Crippen LogP contribution in [0.3, 0.4) is 0 Å². The highest BCUT2D eigenvalue weighted by molar-refractivity contribution is 5.79. The summed E-state index contributed by atoms with van der Waals surface area (Å²) in [6.07, 6.45) is 7.35. The van der Waals surface area contributed by atoms with Crippen LogP contribution in [0, 0.1) is 12.8 Å². The summed E-state index contributed by atoms with van der Waals surface area (Å²) < 4.78 is 0. The highest BCUT2D eigenvalue weighted by Gasteiger charge is 2.20. The number of aromatic amines is 1. The molecule has 0 radical (unpaired) electrons. The van der Waals surface area contributed by atoms with Crippen molar-refractivity contribution in [3.63, 3.8) is 0 Å². The Hall–Kier alpha value is -1.31. The first-order valence-electron chi connectivity index (χ1n) is 6.76. The lowest BCUT2D eigenvalue weighted by Gasteiger charge is -1.99. The summed E-state index contributed by atoms with van der Waals surface area (Å²) in [7, 11) is 0. The Morgan fingerprint density at radius 1 is 1.29 bits per heavy atom. The zero-order chi connectivity index (χ0) is 12.3. The standard InChI is InChI=1S/C13H16N2.C2H6/c1-9-8-14-13-12(9)7-6-11(15-13)5-4-10-2-3-10;1-2/h6-8,10H,2-5H2,1H3,(H,14,15);1-2H3. The van der Waals surface area contributed by atoms with E-state index in [0.717, 1.165) is 18.0 Å². The van der Waals surface area contributed by atoms with Gasteiger partial charge < -0.3 is 4.98 Å². The Kier molecular flexibility index (Phi) is 3.82. The van der Waals surface area contributed by atoms with Crippen molar-refractivity contribution >= 4 is 11.0 Å². The van der Waals surface area contributed by atoms with Gasteiger partial charge in [-0.1, -0.05) is 26.7 Å². The van der Waals surface area contributed by atoms with Crippen molar-refractivity contribution < 1.29 is 0 Å². The minimum Gasteiger partial charge on any atom is -0.346 e. The van der Waals surface area contributed by atoms with Crippen LogP contribution in [-0.2, 0) is 6.42 Å². The molecule has 1 N–H and O–H groups in total. The average molecular weight is 230 g/mol. The van der Waals surface area contributed by atoms with Gasteiger partial charge in [0, 0.05) is 17.3 Å². The first kappa shape index (κ1) is 12.2. The maximum atomic E-state index is 4.64. The molecule has 0 saturated heterocycles. The van der Waals surface area contributed by atoms with Crippen LogP contribution in [0.25, 0.3) is 11.0 Å². The summed E-state index contributed by atoms with van der Waals surface area (Å²) in [5.74, 6) is 0.993. The molecule has 0 amide bonds. The van der Waals surface area contributed by atoms with Gasteiger partial charge >= 0.3 is 0 Å². The van der Waals surface area contributed by atoms with E-state index >= 15 is 0 Å². The second-order valence-corrected chi connectivity index (χ2v) is 4.65. The van der Waals surface area contributed by atoms with Crippen LogP contribution >= 0.6 is 0 Å². The van der Waals surface area contributed by atoms with E-state index in [1.54, 1.807) is 0 Å². The van der Waals surface area contributed by atoms with Gasteiger partial charge in [0.05, 0.1) is 0 Å². The summed E-state index contributed by atoms with van der Waals surface area (Å²) in [6.45, 7) is 6.12. The highest BCUT2D eigenvalue weighted by atomic mass is 14.8. The van der Waals surface area contributed by atoms with Gasteiger partial charge in [0.1, 0.15) is 5.65 Å². The molecule has 2 aromatic rings. The van der Waals surface area contributed by atoms with Crippen molar-refractivity contribution in [2.75, 3.05) is 0 Å². The van der Waals surface area contributed by atoms with Crippen LogP contribution in [-0.4, -0.2) is 9.97 Å². The number of aryl methyl sites for hydroxylation is 2. The largest absolute Gasteiger partial charge is 0.346 e. The molecule has 0 aromatic carbocycles. The van der Waals surface area contributed by atoms with Gasteiger partial charge in [0.2, 0.25) is 0 Å². The van der Waals surface area contributed by atoms with Gasteiger partial charge in [-0.2, -0.15) is 0 Å². The normalized spacial score (nSPS) is 14.5. The Morgan fingerprint density at radius 3 is 2.76 bits per heavy atom. The zero-order valence-corrected chi connectivity index (χ0v) is 11.1. The molecule has 0 aliphatic heterocycles. The number of hydrogen-bond donors (Lipinski definition) is 1. The van der Waals surface area contributed by atoms with Crippen molar-refractivity contribution in [3.8, 4) is 0 Å². The van der Waals surface area contributed by atoms with Crippen molar-refractivity contribution in [2.24, 2.45) is 5.92 Å². The molecule has 0 bridgehead atoms. The fourth-order valence-corrected chi connectivity index (χ4v) is 2.08. The molecule has 0 unspecified atom stereocenters. The lowest BCUT2D eigenvalue weighted by atomic mass is 10.1. The van der Waals surface area contributed by atoms with Gasteiger partial charge in [0.15, 0.2) is 0 Å². The summed E-state index contributed by atoms with van der Waals surface area (Å²) in [5.41, 5.74) is 3.56. The second-order valence-electron chi connectivity index (χ2n) is 4.65. The Balaban J connectivity index is 0.000000514. The van der Waals surface area contributed by atoms with E-state index in [9.17, 15) is 0 Å². The van der Waals surface area contributed by atoms with Gasteiger partial charge in [-0.05, 0) is 43.4 Å². The Labute approximate surface area is 103 Å². The second kappa shape index (κ2) is 5.35. The smallest absolute Gasteiger partial charge is 0.137 e. The fraction of sp³-hybridized carbons (Fsp3) is 0.533. The van der Waals surface area contributed by atoms with Gasteiger partial charge in [-0.15, -0.1) is 0 Å². The number of rotatable bonds is 3. The highest BCUT2D eigenvalue weighted by Crippen LogP contribution is 2.33. The number of aromatic nitrogens is 2. The van der Waals surface area contributed by atoms with E-state index in [4.69, 9.17) is 0 Å². The van der Waals surface area contributed by atoms with E-state index in [-0.39, 0.29) is 0 Å². The Bertz CT molecular complexity index is 481. The molecule has 2 heteroatoms. The van der Waals surface area contributed by atoms with Crippen molar-refractivity contribution in [1.82, 2.24) is 9.97 Å². The summed E-state index contributed by atoms with van der Waals surface area (Å²) >= 11 is 0. The maximum absolute atomic E-state index is 4.64. The van der Waals surface area contributed by atoms with Crippen LogP contribution < -0.4 is 0 Å². The maximum Gasteiger partial charge on any atom is 0.137 e. The molecule has 2 nitrogen and oxygen atoms in total. The predicted molar refractivity (Wildman–Crippen MR) is 73.2 cm³/mol. The van der Waals surface area contributed by atoms with E-state index in [1.807, 2.05) is 20.0 Å². The summed E-state index contributed by atoms with van der Waals surface area (Å²) in [5, 5.41) is 1.25. The third-order valence-electron chi connectivity index (χ3n) is 3.31. The lowest BCUT2D eigenvalue weighted by Crippen LogP contribution is -1.91. The molecule has 0 spiro atoms. The van der Waals surface area contributed by atoms with Crippen LogP contribution in [0.1, 0.15) is 44.4 Å². The number of hydrogen-bond acceptors (Lipinski definition) is 1. The third-order valence-corrected chi connectivity index (χ3v) is 3.31. The third kappa shape index (κ3) is 2.87. The number of pyridine rings is 1. The monoisotopic (exact) mass is 230 g/mol. The number of fused-ring (bicyclic) bond motifs is 1. The van der Waals surface area contributed by atoms with Crippen LogP contribution in [0.5, 0.6) is 0 Å². The van der Waals surface area contributed by atoms with Crippen molar-refractivity contribution in [3.05, 3.63) is 29.6 Å². The minimum absolute atomic E-state index is 0.993. The van der Waals surface area contributed by atoms with Crippen molar-refractivity contribution in [2.45, 2.75) is 46.5 Å². The zero-order valence-electron chi connectivity index (χ0n) is 11.1. The SMILES string of the molecule is CC.Cc1c[nH]c2nc(CCC3CC3)ccc12. The summed E-state index contributed by atoms with van der Waals surface area (Å²) in [4.78, 5) is 7.86. The van der Waals surface area contributed by atoms with Crippen molar-refractivity contribution in [1.29, 1.82) is 0 Å². The number of H-pyrrole nitrogens is 1. The van der Waals surface area contributed by atoms with Crippen LogP contribution in [0.15, 0.2) is 18.3 Å². The lowest BCUT2D eigenvalue weighted by molar-refractivity contribution is 0.715. The number of nitrogens with one attached hydrogen (secondary N) is 1. The molecule has 0 atom stereocenters. The predicted octanol–water partition coefficient (Wildman–Crippen LogP) is 4.24. The average Bonchev–Trinajstić information content (AvgIpc) is 3.14. The molecule has 2 aromatic heterocycles. The molecule has 2 heterocycles.